The Morgan fingerprint density at radius 2 is 1.95 bits per heavy atom. The van der Waals surface area contributed by atoms with Crippen LogP contribution in [-0.4, -0.2) is 44.6 Å². The van der Waals surface area contributed by atoms with Crippen LogP contribution >= 0.6 is 23.4 Å². The van der Waals surface area contributed by atoms with E-state index in [9.17, 15) is 9.59 Å². The van der Waals surface area contributed by atoms with Crippen molar-refractivity contribution in [2.45, 2.75) is 18.0 Å². The van der Waals surface area contributed by atoms with Crippen LogP contribution in [0.3, 0.4) is 0 Å². The molecule has 0 radical (unpaired) electrons. The van der Waals surface area contributed by atoms with Gasteiger partial charge in [0, 0.05) is 22.9 Å². The fraction of sp³-hybridized carbons (Fsp3) is 0.160. The van der Waals surface area contributed by atoms with Crippen LogP contribution in [0.1, 0.15) is 32.1 Å². The Hall–Kier alpha value is -4.09. The maximum atomic E-state index is 13.0. The number of nitrogens with two attached hydrogens (primary N) is 1. The van der Waals surface area contributed by atoms with Gasteiger partial charge in [0.25, 0.3) is 11.8 Å². The number of primary amides is 1. The summed E-state index contributed by atoms with van der Waals surface area (Å²) in [6.07, 6.45) is 4.52. The van der Waals surface area contributed by atoms with Gasteiger partial charge in [-0.25, -0.2) is 14.6 Å². The maximum absolute atomic E-state index is 13.0. The molecule has 0 bridgehead atoms. The first-order valence-corrected chi connectivity index (χ1v) is 12.9. The average Bonchev–Trinajstić information content (AvgIpc) is 3.53. The predicted molar refractivity (Wildman–Crippen MR) is 138 cm³/mol. The summed E-state index contributed by atoms with van der Waals surface area (Å²) in [6, 6.07) is 11.1. The van der Waals surface area contributed by atoms with Gasteiger partial charge < -0.3 is 20.5 Å². The van der Waals surface area contributed by atoms with Crippen molar-refractivity contribution in [1.82, 2.24) is 19.7 Å². The summed E-state index contributed by atoms with van der Waals surface area (Å²) in [7, 11) is 0. The molecule has 12 heteroatoms. The highest BCUT2D eigenvalue weighted by atomic mass is 35.5. The Labute approximate surface area is 220 Å². The predicted octanol–water partition coefficient (Wildman–Crippen LogP) is 3.88. The monoisotopic (exact) mass is 534 g/mol. The summed E-state index contributed by atoms with van der Waals surface area (Å²) in [5.41, 5.74) is 10.6. The van der Waals surface area contributed by atoms with Crippen molar-refractivity contribution in [3.8, 4) is 28.4 Å². The van der Waals surface area contributed by atoms with Gasteiger partial charge >= 0.3 is 0 Å². The minimum absolute atomic E-state index is 0.0841. The van der Waals surface area contributed by atoms with Gasteiger partial charge in [-0.05, 0) is 48.9 Å². The minimum Gasteiger partial charge on any atom is -0.454 e. The highest BCUT2D eigenvalue weighted by molar-refractivity contribution is 7.98. The lowest BCUT2D eigenvalue weighted by Gasteiger charge is -2.20. The molecule has 0 saturated heterocycles. The maximum Gasteiger partial charge on any atom is 0.275 e. The standard InChI is InChI=1S/C25H19ClN6O4S/c1-37-25-28-10-17(26)21(30-25)24(34)29-13-4-2-12-3-6-15-20(23(27)33)31-32(22(15)16(12)8-13)14-5-7-18-19(9-14)36-11-35-18/h2,4-5,7-10H,3,6,11H2,1H3,(H2,27,33)(H,29,34). The van der Waals surface area contributed by atoms with E-state index in [2.05, 4.69) is 20.4 Å². The number of carbonyl (C=O) groups is 2. The summed E-state index contributed by atoms with van der Waals surface area (Å²) in [6.45, 7) is 0.142. The Morgan fingerprint density at radius 1 is 1.11 bits per heavy atom. The molecule has 2 aromatic heterocycles. The average molecular weight is 535 g/mol. The van der Waals surface area contributed by atoms with E-state index < -0.39 is 11.8 Å². The molecule has 6 rings (SSSR count). The van der Waals surface area contributed by atoms with E-state index in [0.29, 0.717) is 40.9 Å². The van der Waals surface area contributed by atoms with E-state index in [1.807, 2.05) is 30.5 Å². The SMILES string of the molecule is CSc1ncc(Cl)c(C(=O)Nc2ccc3c(c2)-c2c(c(C(N)=O)nn2-c2ccc4c(c2)OCO4)CC3)n1. The zero-order chi connectivity index (χ0) is 25.7. The molecule has 186 valence electrons. The van der Waals surface area contributed by atoms with E-state index in [4.69, 9.17) is 26.8 Å². The zero-order valence-corrected chi connectivity index (χ0v) is 21.0. The van der Waals surface area contributed by atoms with E-state index in [-0.39, 0.29) is 23.2 Å². The van der Waals surface area contributed by atoms with Crippen molar-refractivity contribution in [1.29, 1.82) is 0 Å². The topological polar surface area (TPSA) is 134 Å². The molecular formula is C25H19ClN6O4S. The summed E-state index contributed by atoms with van der Waals surface area (Å²) < 4.78 is 12.6. The summed E-state index contributed by atoms with van der Waals surface area (Å²) in [4.78, 5) is 33.6. The van der Waals surface area contributed by atoms with E-state index >= 15 is 0 Å². The number of fused-ring (bicyclic) bond motifs is 4. The molecule has 3 heterocycles. The Balaban J connectivity index is 1.43. The van der Waals surface area contributed by atoms with Gasteiger partial charge in [0.1, 0.15) is 0 Å². The summed E-state index contributed by atoms with van der Waals surface area (Å²) in [5.74, 6) is 0.163. The lowest BCUT2D eigenvalue weighted by atomic mass is 9.88. The highest BCUT2D eigenvalue weighted by Crippen LogP contribution is 2.40. The lowest BCUT2D eigenvalue weighted by Crippen LogP contribution is -2.16. The molecule has 1 aliphatic carbocycles. The number of thioether (sulfide) groups is 1. The first-order valence-electron chi connectivity index (χ1n) is 11.3. The van der Waals surface area contributed by atoms with Crippen molar-refractivity contribution >= 4 is 40.9 Å². The second kappa shape index (κ2) is 9.09. The number of halogens is 1. The second-order valence-electron chi connectivity index (χ2n) is 8.37. The van der Waals surface area contributed by atoms with Crippen molar-refractivity contribution in [2.24, 2.45) is 5.73 Å². The molecular weight excluding hydrogens is 516 g/mol. The van der Waals surface area contributed by atoms with Crippen LogP contribution in [-0.2, 0) is 12.8 Å². The molecule has 0 saturated carbocycles. The van der Waals surface area contributed by atoms with Crippen molar-refractivity contribution < 1.29 is 19.1 Å². The first kappa shape index (κ1) is 23.3. The molecule has 37 heavy (non-hydrogen) atoms. The number of hydrogen-bond donors (Lipinski definition) is 2. The third-order valence-corrected chi connectivity index (χ3v) is 7.04. The fourth-order valence-corrected chi connectivity index (χ4v) is 5.03. The van der Waals surface area contributed by atoms with Crippen LogP contribution in [0.15, 0.2) is 47.8 Å². The molecule has 2 aliphatic rings. The van der Waals surface area contributed by atoms with Gasteiger partial charge in [-0.3, -0.25) is 9.59 Å². The number of nitrogens with zero attached hydrogens (tertiary/aromatic N) is 4. The molecule has 1 aliphatic heterocycles. The molecule has 0 fully saturated rings. The van der Waals surface area contributed by atoms with Gasteiger partial charge in [0.2, 0.25) is 6.79 Å². The lowest BCUT2D eigenvalue weighted by molar-refractivity contribution is 0.0991. The Kier molecular flexibility index (Phi) is 5.73. The first-order chi connectivity index (χ1) is 17.9. The largest absolute Gasteiger partial charge is 0.454 e. The van der Waals surface area contributed by atoms with Gasteiger partial charge in [0.15, 0.2) is 28.0 Å². The van der Waals surface area contributed by atoms with Crippen LogP contribution in [0, 0.1) is 0 Å². The van der Waals surface area contributed by atoms with Gasteiger partial charge in [-0.2, -0.15) is 5.10 Å². The quantitative estimate of drug-likeness (QED) is 0.291. The molecule has 0 unspecified atom stereocenters. The molecule has 4 aromatic rings. The molecule has 0 spiro atoms. The Morgan fingerprint density at radius 3 is 2.76 bits per heavy atom. The third kappa shape index (κ3) is 4.05. The van der Waals surface area contributed by atoms with E-state index in [1.54, 1.807) is 16.8 Å². The zero-order valence-electron chi connectivity index (χ0n) is 19.4. The number of amides is 2. The van der Waals surface area contributed by atoms with Crippen LogP contribution in [0.4, 0.5) is 5.69 Å². The highest BCUT2D eigenvalue weighted by Gasteiger charge is 2.29. The number of rotatable bonds is 5. The van der Waals surface area contributed by atoms with Crippen LogP contribution in [0.5, 0.6) is 11.5 Å². The number of ether oxygens (including phenoxy) is 2. The summed E-state index contributed by atoms with van der Waals surface area (Å²) >= 11 is 7.50. The molecule has 3 N–H and O–H groups in total. The number of aryl methyl sites for hydroxylation is 1. The van der Waals surface area contributed by atoms with Gasteiger partial charge in [-0.1, -0.05) is 29.4 Å². The van der Waals surface area contributed by atoms with E-state index in [0.717, 1.165) is 22.4 Å². The van der Waals surface area contributed by atoms with Crippen LogP contribution < -0.4 is 20.5 Å². The molecule has 2 aromatic carbocycles. The fourth-order valence-electron chi connectivity index (χ4n) is 4.52. The number of nitrogens with one attached hydrogen (secondary N) is 1. The Bertz CT molecular complexity index is 1600. The number of benzene rings is 2. The number of carbonyl (C=O) groups excluding carboxylic acids is 2. The number of anilines is 1. The van der Waals surface area contributed by atoms with Gasteiger partial charge in [-0.15, -0.1) is 0 Å². The second-order valence-corrected chi connectivity index (χ2v) is 9.55. The molecule has 0 atom stereocenters. The van der Waals surface area contributed by atoms with Crippen LogP contribution in [0.25, 0.3) is 16.9 Å². The minimum atomic E-state index is -0.605. The third-order valence-electron chi connectivity index (χ3n) is 6.20. The van der Waals surface area contributed by atoms with Gasteiger partial charge in [0.05, 0.1) is 22.6 Å². The van der Waals surface area contributed by atoms with Crippen molar-refractivity contribution in [3.63, 3.8) is 0 Å². The molecule has 2 amide bonds. The van der Waals surface area contributed by atoms with E-state index in [1.165, 1.54) is 18.0 Å². The normalized spacial score (nSPS) is 13.1. The number of aromatic nitrogens is 4. The molecule has 10 nitrogen and oxygen atoms in total. The summed E-state index contributed by atoms with van der Waals surface area (Å²) in [5, 5.41) is 8.05. The van der Waals surface area contributed by atoms with Crippen LogP contribution in [0.2, 0.25) is 5.02 Å². The number of hydrogen-bond acceptors (Lipinski definition) is 8. The van der Waals surface area contributed by atoms with Crippen molar-refractivity contribution in [2.75, 3.05) is 18.4 Å². The smallest absolute Gasteiger partial charge is 0.275 e. The van der Waals surface area contributed by atoms with Crippen molar-refractivity contribution in [3.05, 3.63) is 70.1 Å².